The topological polar surface area (TPSA) is 69.6 Å². The molecule has 0 fully saturated rings. The van der Waals surface area contributed by atoms with Gasteiger partial charge in [-0.05, 0) is 30.5 Å². The molecule has 7 heteroatoms. The van der Waals surface area contributed by atoms with Crippen molar-refractivity contribution in [2.45, 2.75) is 32.7 Å². The first-order valence-corrected chi connectivity index (χ1v) is 10.7. The van der Waals surface area contributed by atoms with E-state index in [-0.39, 0.29) is 5.82 Å². The third-order valence-corrected chi connectivity index (χ3v) is 5.38. The fourth-order valence-electron chi connectivity index (χ4n) is 3.62. The number of nitrogens with zero attached hydrogens (tertiary/aromatic N) is 5. The molecule has 0 amide bonds. The number of hydrogen-bond donors (Lipinski definition) is 0. The Morgan fingerprint density at radius 2 is 1.78 bits per heavy atom. The zero-order valence-corrected chi connectivity index (χ0v) is 17.7. The van der Waals surface area contributed by atoms with Gasteiger partial charge in [0, 0.05) is 11.6 Å². The standard InChI is InChI=1S/C25H22FN5O/c1-2-3-6-17-9-11-18(12-10-17)22-13-19(32-30-22)15-31-16-24-23(14-27-31)28-25(29-24)20-7-4-5-8-21(20)26/h4-5,7-14,16H,2-3,6,15H2,1H3. The lowest BCUT2D eigenvalue weighted by molar-refractivity contribution is 0.372. The number of imidazole rings is 1. The molecule has 0 unspecified atom stereocenters. The fraction of sp³-hybridized carbons (Fsp3) is 0.200. The molecule has 0 saturated carbocycles. The normalized spacial score (nSPS) is 11.3. The van der Waals surface area contributed by atoms with Crippen LogP contribution in [-0.4, -0.2) is 24.9 Å². The van der Waals surface area contributed by atoms with Crippen molar-refractivity contribution in [3.8, 4) is 34.0 Å². The van der Waals surface area contributed by atoms with Crippen LogP contribution in [0.4, 0.5) is 4.39 Å². The lowest BCUT2D eigenvalue weighted by atomic mass is 10.0. The van der Waals surface area contributed by atoms with Crippen LogP contribution < -0.4 is 0 Å². The summed E-state index contributed by atoms with van der Waals surface area (Å²) in [5.74, 6) is 0.680. The van der Waals surface area contributed by atoms with Crippen molar-refractivity contribution in [2.24, 2.45) is 0 Å². The summed E-state index contributed by atoms with van der Waals surface area (Å²) in [6, 6.07) is 16.8. The Bertz CT molecular complexity index is 1310. The van der Waals surface area contributed by atoms with Crippen LogP contribution in [0.15, 0.2) is 71.5 Å². The van der Waals surface area contributed by atoms with Crippen LogP contribution in [0.5, 0.6) is 0 Å². The summed E-state index contributed by atoms with van der Waals surface area (Å²) in [4.78, 5) is 8.87. The molecule has 160 valence electrons. The third-order valence-electron chi connectivity index (χ3n) is 5.38. The highest BCUT2D eigenvalue weighted by Crippen LogP contribution is 2.26. The minimum absolute atomic E-state index is 0.349. The smallest absolute Gasteiger partial charge is 0.163 e. The Hall–Kier alpha value is -3.87. The maximum Gasteiger partial charge on any atom is 0.163 e. The van der Waals surface area contributed by atoms with E-state index >= 15 is 0 Å². The van der Waals surface area contributed by atoms with Crippen molar-refractivity contribution in [3.63, 3.8) is 0 Å². The third kappa shape index (κ3) is 4.14. The molecule has 0 bridgehead atoms. The monoisotopic (exact) mass is 427 g/mol. The van der Waals surface area contributed by atoms with Gasteiger partial charge < -0.3 is 4.52 Å². The molecule has 0 saturated heterocycles. The lowest BCUT2D eigenvalue weighted by Crippen LogP contribution is -2.04. The number of fused-ring (bicyclic) bond motifs is 1. The van der Waals surface area contributed by atoms with Crippen LogP contribution in [0.25, 0.3) is 34.0 Å². The Balaban J connectivity index is 1.33. The summed E-state index contributed by atoms with van der Waals surface area (Å²) < 4.78 is 21.3. The molecule has 0 radical (unpaired) electrons. The zero-order valence-electron chi connectivity index (χ0n) is 17.7. The van der Waals surface area contributed by atoms with Crippen molar-refractivity contribution in [1.29, 1.82) is 0 Å². The van der Waals surface area contributed by atoms with E-state index in [1.807, 2.05) is 6.07 Å². The molecular formula is C25H22FN5O. The molecule has 2 aliphatic heterocycles. The second-order valence-corrected chi connectivity index (χ2v) is 7.75. The van der Waals surface area contributed by atoms with Crippen LogP contribution in [0, 0.1) is 5.82 Å². The maximum atomic E-state index is 14.1. The molecule has 2 aromatic carbocycles. The van der Waals surface area contributed by atoms with Gasteiger partial charge in [0.2, 0.25) is 0 Å². The molecule has 3 heterocycles. The van der Waals surface area contributed by atoms with Gasteiger partial charge >= 0.3 is 0 Å². The number of hydrogen-bond acceptors (Lipinski definition) is 5. The predicted octanol–water partition coefficient (Wildman–Crippen LogP) is 5.63. The highest BCUT2D eigenvalue weighted by molar-refractivity contribution is 5.65. The van der Waals surface area contributed by atoms with Crippen LogP contribution >= 0.6 is 0 Å². The number of benzene rings is 2. The summed E-state index contributed by atoms with van der Waals surface area (Å²) in [5.41, 5.74) is 4.76. The molecule has 0 N–H and O–H groups in total. The highest BCUT2D eigenvalue weighted by atomic mass is 19.1. The van der Waals surface area contributed by atoms with Gasteiger partial charge in [0.25, 0.3) is 0 Å². The highest BCUT2D eigenvalue weighted by Gasteiger charge is 2.16. The van der Waals surface area contributed by atoms with Crippen LogP contribution in [0.3, 0.4) is 0 Å². The van der Waals surface area contributed by atoms with E-state index in [2.05, 4.69) is 51.4 Å². The molecule has 3 aromatic rings. The van der Waals surface area contributed by atoms with Gasteiger partial charge in [0.1, 0.15) is 29.4 Å². The van der Waals surface area contributed by atoms with Gasteiger partial charge in [-0.15, -0.1) is 0 Å². The van der Waals surface area contributed by atoms with E-state index in [1.54, 1.807) is 35.3 Å². The average molecular weight is 427 g/mol. The summed E-state index contributed by atoms with van der Waals surface area (Å²) in [6.45, 7) is 2.60. The quantitative estimate of drug-likeness (QED) is 0.337. The summed E-state index contributed by atoms with van der Waals surface area (Å²) in [7, 11) is 0. The molecule has 6 nitrogen and oxygen atoms in total. The van der Waals surface area contributed by atoms with E-state index in [4.69, 9.17) is 4.52 Å². The second kappa shape index (κ2) is 8.70. The van der Waals surface area contributed by atoms with Crippen molar-refractivity contribution in [1.82, 2.24) is 24.9 Å². The zero-order chi connectivity index (χ0) is 21.9. The van der Waals surface area contributed by atoms with Crippen molar-refractivity contribution >= 4 is 0 Å². The maximum absolute atomic E-state index is 14.1. The van der Waals surface area contributed by atoms with E-state index in [1.165, 1.54) is 24.5 Å². The largest absolute Gasteiger partial charge is 0.359 e. The molecule has 0 spiro atoms. The molecule has 0 aliphatic carbocycles. The molecular weight excluding hydrogens is 405 g/mol. The Morgan fingerprint density at radius 3 is 2.59 bits per heavy atom. The number of halogens is 1. The Morgan fingerprint density at radius 1 is 0.969 bits per heavy atom. The number of unbranched alkanes of at least 4 members (excludes halogenated alkanes) is 1. The van der Waals surface area contributed by atoms with Crippen LogP contribution in [-0.2, 0) is 13.0 Å². The van der Waals surface area contributed by atoms with Gasteiger partial charge in [-0.1, -0.05) is 54.9 Å². The van der Waals surface area contributed by atoms with Crippen molar-refractivity contribution in [2.75, 3.05) is 0 Å². The summed E-state index contributed by atoms with van der Waals surface area (Å²) in [5, 5.41) is 8.59. The van der Waals surface area contributed by atoms with Crippen LogP contribution in [0.2, 0.25) is 0 Å². The predicted molar refractivity (Wildman–Crippen MR) is 119 cm³/mol. The number of aromatic nitrogens is 5. The average Bonchev–Trinajstić information content (AvgIpc) is 3.45. The van der Waals surface area contributed by atoms with E-state index in [0.29, 0.717) is 35.1 Å². The minimum atomic E-state index is -0.351. The van der Waals surface area contributed by atoms with Gasteiger partial charge in [-0.2, -0.15) is 5.10 Å². The molecule has 0 atom stereocenters. The summed E-state index contributed by atoms with van der Waals surface area (Å²) >= 11 is 0. The van der Waals surface area contributed by atoms with E-state index < -0.39 is 0 Å². The van der Waals surface area contributed by atoms with Crippen LogP contribution in [0.1, 0.15) is 31.1 Å². The molecule has 2 aliphatic rings. The summed E-state index contributed by atoms with van der Waals surface area (Å²) in [6.07, 6.45) is 6.87. The fourth-order valence-corrected chi connectivity index (χ4v) is 3.62. The lowest BCUT2D eigenvalue weighted by Gasteiger charge is -2.03. The van der Waals surface area contributed by atoms with Gasteiger partial charge in [0.15, 0.2) is 11.6 Å². The van der Waals surface area contributed by atoms with E-state index in [9.17, 15) is 4.39 Å². The van der Waals surface area contributed by atoms with Gasteiger partial charge in [-0.25, -0.2) is 14.4 Å². The second-order valence-electron chi connectivity index (χ2n) is 7.75. The number of aryl methyl sites for hydroxylation is 1. The molecule has 5 rings (SSSR count). The van der Waals surface area contributed by atoms with E-state index in [0.717, 1.165) is 17.7 Å². The Labute approximate surface area is 185 Å². The SMILES string of the molecule is CCCCc1ccc(-c2cc(Cn3cc4nc(-c5ccccc5F)nc-4cn3)on2)cc1. The minimum Gasteiger partial charge on any atom is -0.359 e. The van der Waals surface area contributed by atoms with Gasteiger partial charge in [0.05, 0.1) is 18.0 Å². The first-order chi connectivity index (χ1) is 15.7. The molecule has 32 heavy (non-hydrogen) atoms. The first-order valence-electron chi connectivity index (χ1n) is 10.7. The number of rotatable bonds is 7. The van der Waals surface area contributed by atoms with Crippen molar-refractivity contribution in [3.05, 3.63) is 84.1 Å². The molecule has 1 aromatic heterocycles. The first kappa shape index (κ1) is 20.1. The van der Waals surface area contributed by atoms with Crippen molar-refractivity contribution < 1.29 is 8.91 Å². The van der Waals surface area contributed by atoms with Gasteiger partial charge in [-0.3, -0.25) is 4.68 Å². The Kier molecular flexibility index (Phi) is 5.46.